The predicted octanol–water partition coefficient (Wildman–Crippen LogP) is 6.70. The van der Waals surface area contributed by atoms with E-state index in [0.717, 1.165) is 33.9 Å². The zero-order valence-corrected chi connectivity index (χ0v) is 18.9. The number of benzene rings is 3. The maximum absolute atomic E-state index is 12.9. The number of hydrogen-bond acceptors (Lipinski definition) is 3. The maximum Gasteiger partial charge on any atom is 0.265 e. The highest BCUT2D eigenvalue weighted by Gasteiger charge is 2.20. The lowest BCUT2D eigenvalue weighted by Gasteiger charge is -2.20. The summed E-state index contributed by atoms with van der Waals surface area (Å²) in [6, 6.07) is 22.6. The zero-order valence-electron chi connectivity index (χ0n) is 18.1. The molecule has 0 spiro atoms. The van der Waals surface area contributed by atoms with Gasteiger partial charge in [0, 0.05) is 16.3 Å². The molecule has 30 heavy (non-hydrogen) atoms. The summed E-state index contributed by atoms with van der Waals surface area (Å²) in [5.74, 6) is 1.54. The van der Waals surface area contributed by atoms with E-state index in [1.165, 1.54) is 10.5 Å². The van der Waals surface area contributed by atoms with E-state index < -0.39 is 6.10 Å². The number of rotatable bonds is 8. The molecule has 0 aliphatic rings. The summed E-state index contributed by atoms with van der Waals surface area (Å²) < 4.78 is 6.05. The first-order valence-corrected chi connectivity index (χ1v) is 11.3. The molecule has 4 heteroatoms. The van der Waals surface area contributed by atoms with Crippen LogP contribution in [0.15, 0.2) is 71.6 Å². The number of amides is 1. The summed E-state index contributed by atoms with van der Waals surface area (Å²) in [5.41, 5.74) is 5.26. The van der Waals surface area contributed by atoms with Crippen molar-refractivity contribution in [3.05, 3.63) is 89.0 Å². The Hall–Kier alpha value is -2.72. The molecule has 0 saturated carbocycles. The Morgan fingerprint density at radius 1 is 0.967 bits per heavy atom. The fourth-order valence-corrected chi connectivity index (χ4v) is 4.02. The minimum absolute atomic E-state index is 0.118. The monoisotopic (exact) mass is 419 g/mol. The van der Waals surface area contributed by atoms with Crippen LogP contribution in [0.2, 0.25) is 0 Å². The highest BCUT2D eigenvalue weighted by molar-refractivity contribution is 7.98. The first-order chi connectivity index (χ1) is 14.5. The maximum atomic E-state index is 12.9. The topological polar surface area (TPSA) is 38.3 Å². The lowest BCUT2D eigenvalue weighted by molar-refractivity contribution is -0.122. The molecule has 0 saturated heterocycles. The Kier molecular flexibility index (Phi) is 7.58. The summed E-state index contributed by atoms with van der Waals surface area (Å²) in [6.07, 6.45) is 0.0718. The van der Waals surface area contributed by atoms with Gasteiger partial charge in [-0.2, -0.15) is 0 Å². The van der Waals surface area contributed by atoms with Crippen molar-refractivity contribution < 1.29 is 9.53 Å². The van der Waals surface area contributed by atoms with E-state index in [1.54, 1.807) is 11.8 Å². The van der Waals surface area contributed by atoms with Crippen LogP contribution < -0.4 is 10.1 Å². The molecule has 1 amide bonds. The Labute approximate surface area is 183 Å². The summed E-state index contributed by atoms with van der Waals surface area (Å²) >= 11 is 1.81. The SMILES string of the molecule is CC[C@@H](Oc1cc(C)ccc1C)C(=O)Nc1ccc(CSc2ccccc2)cc1C. The fraction of sp³-hybridized carbons (Fsp3) is 0.269. The van der Waals surface area contributed by atoms with Crippen molar-refractivity contribution in [1.29, 1.82) is 0 Å². The first kappa shape index (κ1) is 22.0. The standard InChI is InChI=1S/C26H29NO2S/c1-5-24(29-25-15-18(2)11-12-19(25)3)26(28)27-23-14-13-21(16-20(23)4)17-30-22-9-7-6-8-10-22/h6-16,24H,5,17H2,1-4H3,(H,27,28)/t24-/m1/s1. The fourth-order valence-electron chi connectivity index (χ4n) is 3.16. The molecule has 0 radical (unpaired) electrons. The molecule has 0 fully saturated rings. The van der Waals surface area contributed by atoms with Gasteiger partial charge < -0.3 is 10.1 Å². The van der Waals surface area contributed by atoms with E-state index in [4.69, 9.17) is 4.74 Å². The van der Waals surface area contributed by atoms with Gasteiger partial charge in [0.15, 0.2) is 6.10 Å². The molecule has 0 heterocycles. The van der Waals surface area contributed by atoms with E-state index in [-0.39, 0.29) is 5.91 Å². The minimum Gasteiger partial charge on any atom is -0.480 e. The predicted molar refractivity (Wildman–Crippen MR) is 126 cm³/mol. The quantitative estimate of drug-likeness (QED) is 0.413. The molecule has 0 aliphatic carbocycles. The molecule has 0 aliphatic heterocycles. The van der Waals surface area contributed by atoms with Gasteiger partial charge >= 0.3 is 0 Å². The van der Waals surface area contributed by atoms with Crippen molar-refractivity contribution >= 4 is 23.4 Å². The molecule has 0 bridgehead atoms. The van der Waals surface area contributed by atoms with Crippen molar-refractivity contribution in [3.8, 4) is 5.75 Å². The molecule has 156 valence electrons. The van der Waals surface area contributed by atoms with Crippen molar-refractivity contribution in [1.82, 2.24) is 0 Å². The number of hydrogen-bond donors (Lipinski definition) is 1. The smallest absolute Gasteiger partial charge is 0.265 e. The van der Waals surface area contributed by atoms with Crippen LogP contribution >= 0.6 is 11.8 Å². The second-order valence-electron chi connectivity index (χ2n) is 7.52. The Morgan fingerprint density at radius 3 is 2.43 bits per heavy atom. The largest absolute Gasteiger partial charge is 0.480 e. The summed E-state index contributed by atoms with van der Waals surface area (Å²) in [5, 5.41) is 3.05. The van der Waals surface area contributed by atoms with Crippen LogP contribution in [0.4, 0.5) is 5.69 Å². The number of aryl methyl sites for hydroxylation is 3. The van der Waals surface area contributed by atoms with Gasteiger partial charge in [0.25, 0.3) is 5.91 Å². The van der Waals surface area contributed by atoms with Crippen LogP contribution in [0.25, 0.3) is 0 Å². The van der Waals surface area contributed by atoms with E-state index in [1.807, 2.05) is 58.0 Å². The molecular formula is C26H29NO2S. The highest BCUT2D eigenvalue weighted by atomic mass is 32.2. The average Bonchev–Trinajstić information content (AvgIpc) is 2.75. The molecule has 0 aromatic heterocycles. The van der Waals surface area contributed by atoms with E-state index >= 15 is 0 Å². The van der Waals surface area contributed by atoms with Gasteiger partial charge in [0.1, 0.15) is 5.75 Å². The second-order valence-corrected chi connectivity index (χ2v) is 8.57. The van der Waals surface area contributed by atoms with E-state index in [2.05, 4.69) is 41.7 Å². The molecule has 1 N–H and O–H groups in total. The second kappa shape index (κ2) is 10.4. The van der Waals surface area contributed by atoms with Crippen LogP contribution in [0.1, 0.15) is 35.6 Å². The zero-order chi connectivity index (χ0) is 21.5. The number of nitrogens with one attached hydrogen (secondary N) is 1. The van der Waals surface area contributed by atoms with Gasteiger partial charge in [-0.05, 0) is 73.7 Å². The molecule has 3 aromatic rings. The lowest BCUT2D eigenvalue weighted by atomic mass is 10.1. The van der Waals surface area contributed by atoms with Gasteiger partial charge in [-0.1, -0.05) is 49.4 Å². The third-order valence-electron chi connectivity index (χ3n) is 4.97. The van der Waals surface area contributed by atoms with Crippen LogP contribution in [0, 0.1) is 20.8 Å². The van der Waals surface area contributed by atoms with Crippen LogP contribution in [-0.2, 0) is 10.5 Å². The molecule has 3 aromatic carbocycles. The number of carbonyl (C=O) groups excluding carboxylic acids is 1. The molecule has 1 atom stereocenters. The first-order valence-electron chi connectivity index (χ1n) is 10.3. The van der Waals surface area contributed by atoms with Crippen LogP contribution in [-0.4, -0.2) is 12.0 Å². The molecular weight excluding hydrogens is 390 g/mol. The molecule has 0 unspecified atom stereocenters. The average molecular weight is 420 g/mol. The number of thioether (sulfide) groups is 1. The van der Waals surface area contributed by atoms with Crippen molar-refractivity contribution in [2.75, 3.05) is 5.32 Å². The number of ether oxygens (including phenoxy) is 1. The minimum atomic E-state index is -0.529. The third kappa shape index (κ3) is 5.90. The lowest BCUT2D eigenvalue weighted by Crippen LogP contribution is -2.32. The highest BCUT2D eigenvalue weighted by Crippen LogP contribution is 2.26. The third-order valence-corrected chi connectivity index (χ3v) is 6.06. The number of anilines is 1. The van der Waals surface area contributed by atoms with Gasteiger partial charge in [0.2, 0.25) is 0 Å². The van der Waals surface area contributed by atoms with Crippen molar-refractivity contribution in [3.63, 3.8) is 0 Å². The van der Waals surface area contributed by atoms with Crippen LogP contribution in [0.5, 0.6) is 5.75 Å². The van der Waals surface area contributed by atoms with Crippen molar-refractivity contribution in [2.24, 2.45) is 0 Å². The van der Waals surface area contributed by atoms with Crippen LogP contribution in [0.3, 0.4) is 0 Å². The number of carbonyl (C=O) groups is 1. The van der Waals surface area contributed by atoms with Gasteiger partial charge in [0.05, 0.1) is 0 Å². The van der Waals surface area contributed by atoms with Gasteiger partial charge in [-0.25, -0.2) is 0 Å². The normalized spacial score (nSPS) is 11.7. The summed E-state index contributed by atoms with van der Waals surface area (Å²) in [6.45, 7) is 8.01. The van der Waals surface area contributed by atoms with E-state index in [9.17, 15) is 4.79 Å². The van der Waals surface area contributed by atoms with Gasteiger partial charge in [-0.15, -0.1) is 11.8 Å². The Morgan fingerprint density at radius 2 is 1.73 bits per heavy atom. The van der Waals surface area contributed by atoms with Gasteiger partial charge in [-0.3, -0.25) is 4.79 Å². The summed E-state index contributed by atoms with van der Waals surface area (Å²) in [4.78, 5) is 14.1. The molecule has 3 rings (SSSR count). The van der Waals surface area contributed by atoms with E-state index in [0.29, 0.717) is 6.42 Å². The Bertz CT molecular complexity index is 1000. The molecule has 3 nitrogen and oxygen atoms in total. The summed E-state index contributed by atoms with van der Waals surface area (Å²) in [7, 11) is 0. The Balaban J connectivity index is 1.64. The van der Waals surface area contributed by atoms with Crippen molar-refractivity contribution in [2.45, 2.75) is 50.9 Å².